The summed E-state index contributed by atoms with van der Waals surface area (Å²) in [5.74, 6) is 0. The molecule has 0 unspecified atom stereocenters. The van der Waals surface area contributed by atoms with E-state index in [9.17, 15) is 0 Å². The van der Waals surface area contributed by atoms with Crippen molar-refractivity contribution in [1.82, 2.24) is 0 Å². The van der Waals surface area contributed by atoms with Gasteiger partial charge in [0.15, 0.2) is 0 Å². The zero-order chi connectivity index (χ0) is 6.15. The Balaban J connectivity index is 3.83. The number of hydrogen-bond donors (Lipinski definition) is 0. The Morgan fingerprint density at radius 1 is 1.29 bits per heavy atom. The van der Waals surface area contributed by atoms with E-state index in [0.29, 0.717) is 0 Å². The Bertz CT molecular complexity index is 65.5. The summed E-state index contributed by atoms with van der Waals surface area (Å²) in [6.07, 6.45) is 0. The van der Waals surface area contributed by atoms with Crippen molar-refractivity contribution in [3.8, 4) is 0 Å². The maximum atomic E-state index is 5.41. The molecule has 0 atom stereocenters. The fraction of sp³-hybridized carbons (Fsp3) is 1.00. The van der Waals surface area contributed by atoms with Gasteiger partial charge in [0.25, 0.3) is 0 Å². The van der Waals surface area contributed by atoms with Gasteiger partial charge in [-0.2, -0.15) is 0 Å². The third-order valence-electron chi connectivity index (χ3n) is 0.390. The molecule has 0 fully saturated rings. The third kappa shape index (κ3) is 7.26. The number of hydrogen-bond acceptors (Lipinski definition) is 1. The third-order valence-corrected chi connectivity index (χ3v) is 2.41. The van der Waals surface area contributed by atoms with Gasteiger partial charge in [0.05, 0.1) is 0 Å². The molecule has 7 heavy (non-hydrogen) atoms. The normalized spacial score (nSPS) is 18.1. The molecule has 0 aromatic heterocycles. The molecule has 0 aromatic carbocycles. The zero-order valence-corrected chi connectivity index (χ0v) is 7.15. The Morgan fingerprint density at radius 2 is 1.43 bits per heavy atom. The molecular formula is C2H6Cl3OP. The van der Waals surface area contributed by atoms with Crippen LogP contribution >= 0.6 is 38.6 Å². The van der Waals surface area contributed by atoms with Crippen LogP contribution in [0.3, 0.4) is 0 Å². The van der Waals surface area contributed by atoms with Gasteiger partial charge in [-0.3, -0.25) is 0 Å². The van der Waals surface area contributed by atoms with Crippen LogP contribution < -0.4 is 0 Å². The minimum absolute atomic E-state index is 1.38. The van der Waals surface area contributed by atoms with E-state index in [4.69, 9.17) is 33.7 Å². The summed E-state index contributed by atoms with van der Waals surface area (Å²) < 4.78 is 4.55. The summed E-state index contributed by atoms with van der Waals surface area (Å²) in [7, 11) is 1.38. The molecule has 0 bridgehead atoms. The van der Waals surface area contributed by atoms with Gasteiger partial charge < -0.3 is 0 Å². The van der Waals surface area contributed by atoms with Crippen molar-refractivity contribution >= 4 is 38.6 Å². The molecule has 0 heterocycles. The van der Waals surface area contributed by atoms with Gasteiger partial charge in [-0.1, -0.05) is 0 Å². The molecule has 0 radical (unpaired) electrons. The van der Waals surface area contributed by atoms with Gasteiger partial charge >= 0.3 is 56.9 Å². The first-order valence-electron chi connectivity index (χ1n) is 1.55. The molecule has 0 aliphatic rings. The maximum absolute atomic E-state index is 5.41. The average Bonchev–Trinajstić information content (AvgIpc) is 1.32. The molecule has 0 aromatic rings. The van der Waals surface area contributed by atoms with E-state index < -0.39 is 4.89 Å². The topological polar surface area (TPSA) is 9.23 Å². The van der Waals surface area contributed by atoms with Crippen molar-refractivity contribution in [3.05, 3.63) is 0 Å². The fourth-order valence-corrected chi connectivity index (χ4v) is 0. The quantitative estimate of drug-likeness (QED) is 0.567. The molecule has 46 valence electrons. The van der Waals surface area contributed by atoms with Crippen molar-refractivity contribution in [1.29, 1.82) is 0 Å². The summed E-state index contributed by atoms with van der Waals surface area (Å²) >= 11 is 16.2. The summed E-state index contributed by atoms with van der Waals surface area (Å²) in [5, 5.41) is 0. The molecule has 1 nitrogen and oxygen atoms in total. The van der Waals surface area contributed by atoms with Crippen LogP contribution in [0.4, 0.5) is 0 Å². The molecule has 5 heteroatoms. The van der Waals surface area contributed by atoms with E-state index in [1.807, 2.05) is 0 Å². The monoisotopic (exact) mass is 182 g/mol. The van der Waals surface area contributed by atoms with E-state index in [0.717, 1.165) is 0 Å². The van der Waals surface area contributed by atoms with Gasteiger partial charge in [0.2, 0.25) is 0 Å². The van der Waals surface area contributed by atoms with Crippen LogP contribution in [-0.4, -0.2) is 13.8 Å². The number of halogens is 3. The standard InChI is InChI=1S/C2H6Cl3OP/c1-6-7(2,3,4)5/h1-2H3. The average molecular weight is 183 g/mol. The summed E-state index contributed by atoms with van der Waals surface area (Å²) in [6, 6.07) is 0. The van der Waals surface area contributed by atoms with Crippen molar-refractivity contribution in [2.45, 2.75) is 0 Å². The van der Waals surface area contributed by atoms with Crippen molar-refractivity contribution in [2.24, 2.45) is 0 Å². The SMILES string of the molecule is COP(C)(Cl)(Cl)Cl. The van der Waals surface area contributed by atoms with Crippen LogP contribution in [0.25, 0.3) is 0 Å². The van der Waals surface area contributed by atoms with Gasteiger partial charge in [-0.05, 0) is 0 Å². The van der Waals surface area contributed by atoms with Crippen LogP contribution in [0.5, 0.6) is 0 Å². The van der Waals surface area contributed by atoms with Crippen molar-refractivity contribution in [3.63, 3.8) is 0 Å². The second kappa shape index (κ2) is 1.89. The molecule has 0 rings (SSSR count). The van der Waals surface area contributed by atoms with E-state index in [1.54, 1.807) is 0 Å². The Kier molecular flexibility index (Phi) is 2.23. The Labute approximate surface area is 57.3 Å². The van der Waals surface area contributed by atoms with Gasteiger partial charge in [-0.25, -0.2) is 0 Å². The first-order valence-corrected chi connectivity index (χ1v) is 6.86. The molecule has 0 amide bonds. The van der Waals surface area contributed by atoms with Crippen molar-refractivity contribution < 1.29 is 4.52 Å². The molecule has 0 spiro atoms. The fourth-order valence-electron chi connectivity index (χ4n) is 0. The predicted molar refractivity (Wildman–Crippen MR) is 37.4 cm³/mol. The molecule has 0 saturated heterocycles. The van der Waals surface area contributed by atoms with Crippen LogP contribution in [0.2, 0.25) is 0 Å². The van der Waals surface area contributed by atoms with Gasteiger partial charge in [-0.15, -0.1) is 0 Å². The molecule has 0 aliphatic heterocycles. The Hall–Kier alpha value is 1.26. The van der Waals surface area contributed by atoms with Crippen LogP contribution in [-0.2, 0) is 4.52 Å². The Morgan fingerprint density at radius 3 is 1.43 bits per heavy atom. The zero-order valence-electron chi connectivity index (χ0n) is 3.99. The molecule has 0 saturated carbocycles. The first-order chi connectivity index (χ1) is 2.81. The van der Waals surface area contributed by atoms with Gasteiger partial charge in [0.1, 0.15) is 0 Å². The summed E-state index contributed by atoms with van der Waals surface area (Å²) in [5.41, 5.74) is 0. The summed E-state index contributed by atoms with van der Waals surface area (Å²) in [6.45, 7) is 1.47. The second-order valence-corrected chi connectivity index (χ2v) is 12.7. The molecule has 0 N–H and O–H groups in total. The first kappa shape index (κ1) is 8.26. The van der Waals surface area contributed by atoms with Crippen LogP contribution in [0.15, 0.2) is 0 Å². The van der Waals surface area contributed by atoms with E-state index >= 15 is 0 Å². The van der Waals surface area contributed by atoms with Crippen LogP contribution in [0, 0.1) is 0 Å². The van der Waals surface area contributed by atoms with Crippen molar-refractivity contribution in [2.75, 3.05) is 13.8 Å². The summed E-state index contributed by atoms with van der Waals surface area (Å²) in [4.78, 5) is -3.16. The molecule has 0 aliphatic carbocycles. The minimum atomic E-state index is -3.16. The van der Waals surface area contributed by atoms with Crippen LogP contribution in [0.1, 0.15) is 0 Å². The number of rotatable bonds is 1. The molecular weight excluding hydrogens is 177 g/mol. The van der Waals surface area contributed by atoms with E-state index in [1.165, 1.54) is 13.8 Å². The van der Waals surface area contributed by atoms with E-state index in [2.05, 4.69) is 4.52 Å². The second-order valence-electron chi connectivity index (χ2n) is 1.27. The predicted octanol–water partition coefficient (Wildman–Crippen LogP) is 3.19. The van der Waals surface area contributed by atoms with Gasteiger partial charge in [0, 0.05) is 0 Å². The van der Waals surface area contributed by atoms with E-state index in [-0.39, 0.29) is 0 Å².